The highest BCUT2D eigenvalue weighted by Crippen LogP contribution is 2.09. The van der Waals surface area contributed by atoms with Crippen molar-refractivity contribution in [2.45, 2.75) is 18.9 Å². The van der Waals surface area contributed by atoms with Gasteiger partial charge in [0.05, 0.1) is 0 Å². The van der Waals surface area contributed by atoms with Gasteiger partial charge in [0.15, 0.2) is 11.6 Å². The predicted molar refractivity (Wildman–Crippen MR) is 59.7 cm³/mol. The van der Waals surface area contributed by atoms with Gasteiger partial charge in [-0.3, -0.25) is 4.79 Å². The summed E-state index contributed by atoms with van der Waals surface area (Å²) in [6, 6.07) is 3.42. The molecule has 1 unspecified atom stereocenters. The van der Waals surface area contributed by atoms with Gasteiger partial charge < -0.3 is 10.6 Å². The van der Waals surface area contributed by atoms with Crippen LogP contribution in [0, 0.1) is 11.6 Å². The van der Waals surface area contributed by atoms with Gasteiger partial charge in [-0.1, -0.05) is 0 Å². The maximum absolute atomic E-state index is 12.9. The lowest BCUT2D eigenvalue weighted by Crippen LogP contribution is -2.37. The van der Waals surface area contributed by atoms with Crippen molar-refractivity contribution in [2.75, 3.05) is 13.1 Å². The SMILES string of the molecule is O=C(NCC1CCCN1)c1ccc(F)c(F)c1. The zero-order valence-corrected chi connectivity index (χ0v) is 9.30. The fourth-order valence-corrected chi connectivity index (χ4v) is 1.89. The van der Waals surface area contributed by atoms with Crippen molar-refractivity contribution in [3.05, 3.63) is 35.4 Å². The van der Waals surface area contributed by atoms with Crippen LogP contribution in [-0.4, -0.2) is 25.0 Å². The number of carbonyl (C=O) groups excluding carboxylic acids is 1. The smallest absolute Gasteiger partial charge is 0.251 e. The predicted octanol–water partition coefficient (Wildman–Crippen LogP) is 1.45. The second-order valence-corrected chi connectivity index (χ2v) is 4.13. The molecule has 1 aromatic rings. The second-order valence-electron chi connectivity index (χ2n) is 4.13. The zero-order chi connectivity index (χ0) is 12.3. The number of hydrogen-bond acceptors (Lipinski definition) is 2. The minimum Gasteiger partial charge on any atom is -0.350 e. The lowest BCUT2D eigenvalue weighted by Gasteiger charge is -2.11. The number of hydrogen-bond donors (Lipinski definition) is 2. The number of carbonyl (C=O) groups is 1. The summed E-state index contributed by atoms with van der Waals surface area (Å²) in [6.07, 6.45) is 2.13. The van der Waals surface area contributed by atoms with Crippen LogP contribution in [0.1, 0.15) is 23.2 Å². The lowest BCUT2D eigenvalue weighted by molar-refractivity contribution is 0.0949. The third-order valence-corrected chi connectivity index (χ3v) is 2.85. The molecular weight excluding hydrogens is 226 g/mol. The largest absolute Gasteiger partial charge is 0.350 e. The standard InChI is InChI=1S/C12H14F2N2O/c13-10-4-3-8(6-11(10)14)12(17)16-7-9-2-1-5-15-9/h3-4,6,9,15H,1-2,5,7H2,(H,16,17). The van der Waals surface area contributed by atoms with E-state index in [4.69, 9.17) is 0 Å². The molecule has 0 spiro atoms. The molecule has 0 saturated carbocycles. The van der Waals surface area contributed by atoms with Crippen molar-refractivity contribution in [2.24, 2.45) is 0 Å². The maximum Gasteiger partial charge on any atom is 0.251 e. The van der Waals surface area contributed by atoms with Crippen molar-refractivity contribution >= 4 is 5.91 Å². The minimum atomic E-state index is -1.00. The van der Waals surface area contributed by atoms with Crippen molar-refractivity contribution in [3.8, 4) is 0 Å². The van der Waals surface area contributed by atoms with Crippen LogP contribution in [0.25, 0.3) is 0 Å². The number of halogens is 2. The first-order valence-electron chi connectivity index (χ1n) is 5.63. The summed E-state index contributed by atoms with van der Waals surface area (Å²) in [5, 5.41) is 5.93. The molecule has 1 heterocycles. The summed E-state index contributed by atoms with van der Waals surface area (Å²) in [5.74, 6) is -2.33. The van der Waals surface area contributed by atoms with Crippen molar-refractivity contribution in [3.63, 3.8) is 0 Å². The highest BCUT2D eigenvalue weighted by Gasteiger charge is 2.15. The van der Waals surface area contributed by atoms with Crippen LogP contribution in [0.3, 0.4) is 0 Å². The summed E-state index contributed by atoms with van der Waals surface area (Å²) in [6.45, 7) is 1.48. The quantitative estimate of drug-likeness (QED) is 0.839. The van der Waals surface area contributed by atoms with Crippen LogP contribution in [0.4, 0.5) is 8.78 Å². The van der Waals surface area contributed by atoms with Gasteiger partial charge >= 0.3 is 0 Å². The average molecular weight is 240 g/mol. The molecule has 2 rings (SSSR count). The first-order valence-corrected chi connectivity index (χ1v) is 5.63. The van der Waals surface area contributed by atoms with Crippen LogP contribution in [0.2, 0.25) is 0 Å². The van der Waals surface area contributed by atoms with Gasteiger partial charge in [0, 0.05) is 18.2 Å². The lowest BCUT2D eigenvalue weighted by atomic mass is 10.2. The van der Waals surface area contributed by atoms with E-state index in [1.165, 1.54) is 6.07 Å². The van der Waals surface area contributed by atoms with Crippen LogP contribution >= 0.6 is 0 Å². The molecule has 1 amide bonds. The van der Waals surface area contributed by atoms with Crippen LogP contribution in [0.5, 0.6) is 0 Å². The highest BCUT2D eigenvalue weighted by molar-refractivity contribution is 5.94. The van der Waals surface area contributed by atoms with Gasteiger partial charge in [0.1, 0.15) is 0 Å². The molecule has 0 radical (unpaired) electrons. The van der Waals surface area contributed by atoms with Gasteiger partial charge in [0.2, 0.25) is 0 Å². The van der Waals surface area contributed by atoms with Crippen LogP contribution in [-0.2, 0) is 0 Å². The molecule has 2 N–H and O–H groups in total. The molecule has 1 saturated heterocycles. The molecule has 17 heavy (non-hydrogen) atoms. The third kappa shape index (κ3) is 3.00. The summed E-state index contributed by atoms with van der Waals surface area (Å²) in [7, 11) is 0. The first kappa shape index (κ1) is 12.0. The van der Waals surface area contributed by atoms with E-state index < -0.39 is 11.6 Å². The Bertz CT molecular complexity index is 417. The van der Waals surface area contributed by atoms with Gasteiger partial charge in [-0.25, -0.2) is 8.78 Å². The van der Waals surface area contributed by atoms with E-state index in [9.17, 15) is 13.6 Å². The number of nitrogens with one attached hydrogen (secondary N) is 2. The van der Waals surface area contributed by atoms with Gasteiger partial charge in [-0.05, 0) is 37.6 Å². The summed E-state index contributed by atoms with van der Waals surface area (Å²) in [4.78, 5) is 11.6. The topological polar surface area (TPSA) is 41.1 Å². The van der Waals surface area contributed by atoms with Crippen LogP contribution < -0.4 is 10.6 Å². The molecule has 1 atom stereocenters. The van der Waals surface area contributed by atoms with Crippen molar-refractivity contribution in [1.29, 1.82) is 0 Å². The molecule has 0 aliphatic carbocycles. The molecule has 1 aliphatic heterocycles. The molecule has 0 bridgehead atoms. The number of amides is 1. The van der Waals surface area contributed by atoms with Crippen LogP contribution in [0.15, 0.2) is 18.2 Å². The monoisotopic (exact) mass is 240 g/mol. The fraction of sp³-hybridized carbons (Fsp3) is 0.417. The van der Waals surface area contributed by atoms with Gasteiger partial charge in [0.25, 0.3) is 5.91 Å². The van der Waals surface area contributed by atoms with Crippen molar-refractivity contribution < 1.29 is 13.6 Å². The minimum absolute atomic E-state index is 0.141. The average Bonchev–Trinajstić information content (AvgIpc) is 2.82. The molecule has 0 aromatic heterocycles. The van der Waals surface area contributed by atoms with Gasteiger partial charge in [-0.2, -0.15) is 0 Å². The van der Waals surface area contributed by atoms with E-state index in [1.807, 2.05) is 0 Å². The Morgan fingerprint density at radius 2 is 2.24 bits per heavy atom. The molecule has 1 fully saturated rings. The molecule has 92 valence electrons. The Hall–Kier alpha value is -1.49. The molecule has 1 aromatic carbocycles. The Morgan fingerprint density at radius 1 is 1.41 bits per heavy atom. The summed E-state index contributed by atoms with van der Waals surface area (Å²) >= 11 is 0. The normalized spacial score (nSPS) is 19.3. The molecule has 3 nitrogen and oxygen atoms in total. The van der Waals surface area contributed by atoms with Crippen molar-refractivity contribution in [1.82, 2.24) is 10.6 Å². The number of benzene rings is 1. The summed E-state index contributed by atoms with van der Waals surface area (Å²) in [5.41, 5.74) is 0.141. The second kappa shape index (κ2) is 5.23. The molecule has 1 aliphatic rings. The maximum atomic E-state index is 12.9. The van der Waals surface area contributed by atoms with E-state index in [1.54, 1.807) is 0 Å². The van der Waals surface area contributed by atoms with E-state index in [0.29, 0.717) is 6.54 Å². The Balaban J connectivity index is 1.92. The third-order valence-electron chi connectivity index (χ3n) is 2.85. The molecule has 5 heteroatoms. The Morgan fingerprint density at radius 3 is 2.88 bits per heavy atom. The Kier molecular flexibility index (Phi) is 3.68. The van der Waals surface area contributed by atoms with Gasteiger partial charge in [-0.15, -0.1) is 0 Å². The number of rotatable bonds is 3. The van der Waals surface area contributed by atoms with E-state index in [-0.39, 0.29) is 17.5 Å². The van der Waals surface area contributed by atoms with E-state index in [0.717, 1.165) is 31.5 Å². The molecular formula is C12H14F2N2O. The first-order chi connectivity index (χ1) is 8.16. The Labute approximate surface area is 98.2 Å². The highest BCUT2D eigenvalue weighted by atomic mass is 19.2. The zero-order valence-electron chi connectivity index (χ0n) is 9.30. The van der Waals surface area contributed by atoms with E-state index >= 15 is 0 Å². The van der Waals surface area contributed by atoms with E-state index in [2.05, 4.69) is 10.6 Å². The fourth-order valence-electron chi connectivity index (χ4n) is 1.89. The summed E-state index contributed by atoms with van der Waals surface area (Å²) < 4.78 is 25.6.